The molecule has 8 heteroatoms. The van der Waals surface area contributed by atoms with Crippen LogP contribution in [0.3, 0.4) is 0 Å². The lowest BCUT2D eigenvalue weighted by Gasteiger charge is -2.08. The molecule has 0 spiro atoms. The largest absolute Gasteiger partial charge is 0.322 e. The zero-order chi connectivity index (χ0) is 18.5. The maximum absolute atomic E-state index is 13.6. The normalized spacial score (nSPS) is 10.0. The Morgan fingerprint density at radius 1 is 1.04 bits per heavy atom. The summed E-state index contributed by atoms with van der Waals surface area (Å²) in [4.78, 5) is 20.1. The summed E-state index contributed by atoms with van der Waals surface area (Å²) in [6.45, 7) is 0. The molecular weight excluding hydrogens is 340 g/mol. The molecule has 2 N–H and O–H groups in total. The van der Waals surface area contributed by atoms with Crippen LogP contribution >= 0.6 is 0 Å². The third kappa shape index (κ3) is 3.79. The van der Waals surface area contributed by atoms with Gasteiger partial charge in [-0.05, 0) is 24.3 Å². The van der Waals surface area contributed by atoms with Crippen LogP contribution in [-0.4, -0.2) is 15.9 Å². The highest BCUT2D eigenvalue weighted by Crippen LogP contribution is 2.19. The highest BCUT2D eigenvalue weighted by atomic mass is 19.1. The van der Waals surface area contributed by atoms with Crippen LogP contribution in [0.25, 0.3) is 0 Å². The third-order valence-corrected chi connectivity index (χ3v) is 3.39. The van der Waals surface area contributed by atoms with Crippen LogP contribution in [0.1, 0.15) is 15.9 Å². The Bertz CT molecular complexity index is 999. The van der Waals surface area contributed by atoms with E-state index in [-0.39, 0.29) is 17.2 Å². The number of aromatic nitrogens is 2. The maximum atomic E-state index is 13.6. The molecule has 0 aliphatic carbocycles. The van der Waals surface area contributed by atoms with Crippen molar-refractivity contribution in [3.63, 3.8) is 0 Å². The van der Waals surface area contributed by atoms with Crippen LogP contribution in [-0.2, 0) is 0 Å². The molecule has 0 bridgehead atoms. The number of rotatable bonds is 4. The Hall–Kier alpha value is -3.86. The minimum absolute atomic E-state index is 0.00606. The fourth-order valence-electron chi connectivity index (χ4n) is 2.11. The smallest absolute Gasteiger partial charge is 0.258 e. The number of nitrogens with zero attached hydrogens (tertiary/aromatic N) is 3. The van der Waals surface area contributed by atoms with Gasteiger partial charge in [-0.2, -0.15) is 5.26 Å². The molecule has 1 amide bonds. The zero-order valence-electron chi connectivity index (χ0n) is 13.2. The molecule has 6 nitrogen and oxygen atoms in total. The first-order valence-corrected chi connectivity index (χ1v) is 7.41. The van der Waals surface area contributed by atoms with Crippen molar-refractivity contribution in [2.75, 3.05) is 10.6 Å². The fraction of sp³-hybridized carbons (Fsp3) is 0. The van der Waals surface area contributed by atoms with Gasteiger partial charge in [0.15, 0.2) is 0 Å². The monoisotopic (exact) mass is 351 g/mol. The van der Waals surface area contributed by atoms with Gasteiger partial charge in [-0.25, -0.2) is 18.7 Å². The van der Waals surface area contributed by atoms with Crippen LogP contribution < -0.4 is 10.6 Å². The van der Waals surface area contributed by atoms with Crippen molar-refractivity contribution in [2.24, 2.45) is 0 Å². The molecule has 0 aliphatic heterocycles. The second kappa shape index (κ2) is 7.36. The molecule has 0 radical (unpaired) electrons. The van der Waals surface area contributed by atoms with Crippen LogP contribution in [0.2, 0.25) is 0 Å². The lowest BCUT2D eigenvalue weighted by molar-refractivity contribution is 0.102. The number of nitriles is 1. The van der Waals surface area contributed by atoms with Crippen LogP contribution in [0.15, 0.2) is 54.9 Å². The number of amides is 1. The van der Waals surface area contributed by atoms with Crippen LogP contribution in [0.5, 0.6) is 0 Å². The van der Waals surface area contributed by atoms with E-state index in [1.165, 1.54) is 18.5 Å². The molecule has 2 aromatic carbocycles. The predicted molar refractivity (Wildman–Crippen MR) is 90.8 cm³/mol. The molecule has 0 unspecified atom stereocenters. The molecule has 3 rings (SSSR count). The molecular formula is C18H11F2N5O. The van der Waals surface area contributed by atoms with Crippen molar-refractivity contribution < 1.29 is 13.6 Å². The van der Waals surface area contributed by atoms with Crippen LogP contribution in [0.4, 0.5) is 26.1 Å². The van der Waals surface area contributed by atoms with Crippen LogP contribution in [0, 0.1) is 23.0 Å². The van der Waals surface area contributed by atoms with Gasteiger partial charge in [0.1, 0.15) is 17.7 Å². The predicted octanol–water partition coefficient (Wildman–Crippen LogP) is 3.62. The lowest BCUT2D eigenvalue weighted by atomic mass is 10.2. The molecule has 1 aromatic heterocycles. The topological polar surface area (TPSA) is 90.7 Å². The number of nitrogens with one attached hydrogen (secondary N) is 2. The minimum atomic E-state index is -0.788. The summed E-state index contributed by atoms with van der Waals surface area (Å²) in [5, 5.41) is 14.2. The quantitative estimate of drug-likeness (QED) is 0.749. The molecule has 0 fully saturated rings. The van der Waals surface area contributed by atoms with E-state index in [2.05, 4.69) is 20.6 Å². The summed E-state index contributed by atoms with van der Waals surface area (Å²) in [7, 11) is 0. The molecule has 0 aliphatic rings. The number of carbonyl (C=O) groups is 1. The van der Waals surface area contributed by atoms with Crippen molar-refractivity contribution in [1.82, 2.24) is 9.97 Å². The van der Waals surface area contributed by atoms with Crippen molar-refractivity contribution in [3.8, 4) is 6.07 Å². The summed E-state index contributed by atoms with van der Waals surface area (Å²) >= 11 is 0. The Morgan fingerprint density at radius 3 is 2.46 bits per heavy atom. The summed E-state index contributed by atoms with van der Waals surface area (Å²) < 4.78 is 26.5. The zero-order valence-corrected chi connectivity index (χ0v) is 13.2. The Balaban J connectivity index is 1.73. The van der Waals surface area contributed by atoms with E-state index >= 15 is 0 Å². The van der Waals surface area contributed by atoms with E-state index in [1.807, 2.05) is 6.07 Å². The molecule has 1 heterocycles. The molecule has 3 aromatic rings. The second-order valence-electron chi connectivity index (χ2n) is 5.16. The minimum Gasteiger partial charge on any atom is -0.322 e. The summed E-state index contributed by atoms with van der Waals surface area (Å²) in [5.74, 6) is -1.93. The highest BCUT2D eigenvalue weighted by Gasteiger charge is 2.11. The average Bonchev–Trinajstić information content (AvgIpc) is 2.65. The number of para-hydroxylation sites is 1. The van der Waals surface area contributed by atoms with E-state index in [0.717, 1.165) is 12.1 Å². The van der Waals surface area contributed by atoms with Crippen molar-refractivity contribution in [2.45, 2.75) is 0 Å². The van der Waals surface area contributed by atoms with Gasteiger partial charge in [-0.3, -0.25) is 4.79 Å². The average molecular weight is 351 g/mol. The number of benzene rings is 2. The van der Waals surface area contributed by atoms with Gasteiger partial charge in [0.05, 0.1) is 22.5 Å². The van der Waals surface area contributed by atoms with E-state index in [0.29, 0.717) is 11.3 Å². The Kier molecular flexibility index (Phi) is 4.80. The van der Waals surface area contributed by atoms with E-state index in [1.54, 1.807) is 24.3 Å². The molecule has 128 valence electrons. The summed E-state index contributed by atoms with van der Waals surface area (Å²) in [6, 6.07) is 11.6. The van der Waals surface area contributed by atoms with Gasteiger partial charge in [0, 0.05) is 18.5 Å². The molecule has 0 atom stereocenters. The summed E-state index contributed by atoms with van der Waals surface area (Å²) in [6.07, 6.45) is 2.50. The van der Waals surface area contributed by atoms with Gasteiger partial charge >= 0.3 is 0 Å². The SMILES string of the molecule is N#Cc1ccccc1NC(=O)c1cnc(Nc2ccc(F)cc2F)nc1. The maximum Gasteiger partial charge on any atom is 0.258 e. The number of carbonyl (C=O) groups excluding carboxylic acids is 1. The Morgan fingerprint density at radius 2 is 1.77 bits per heavy atom. The third-order valence-electron chi connectivity index (χ3n) is 3.39. The molecule has 0 saturated carbocycles. The van der Waals surface area contributed by atoms with Gasteiger partial charge in [0.25, 0.3) is 5.91 Å². The second-order valence-corrected chi connectivity index (χ2v) is 5.16. The van der Waals surface area contributed by atoms with Gasteiger partial charge in [-0.15, -0.1) is 0 Å². The number of halogens is 2. The molecule has 26 heavy (non-hydrogen) atoms. The van der Waals surface area contributed by atoms with Crippen molar-refractivity contribution >= 4 is 23.2 Å². The number of hydrogen-bond donors (Lipinski definition) is 2. The van der Waals surface area contributed by atoms with E-state index in [4.69, 9.17) is 5.26 Å². The number of hydrogen-bond acceptors (Lipinski definition) is 5. The van der Waals surface area contributed by atoms with Crippen molar-refractivity contribution in [1.29, 1.82) is 5.26 Å². The van der Waals surface area contributed by atoms with Gasteiger partial charge < -0.3 is 10.6 Å². The van der Waals surface area contributed by atoms with E-state index < -0.39 is 17.5 Å². The fourth-order valence-corrected chi connectivity index (χ4v) is 2.11. The highest BCUT2D eigenvalue weighted by molar-refractivity contribution is 6.04. The van der Waals surface area contributed by atoms with E-state index in [9.17, 15) is 13.6 Å². The first-order valence-electron chi connectivity index (χ1n) is 7.41. The molecule has 0 saturated heterocycles. The first kappa shape index (κ1) is 17.0. The van der Waals surface area contributed by atoms with Crippen molar-refractivity contribution in [3.05, 3.63) is 77.6 Å². The van der Waals surface area contributed by atoms with Gasteiger partial charge in [-0.1, -0.05) is 12.1 Å². The summed E-state index contributed by atoms with van der Waals surface area (Å²) in [5.41, 5.74) is 0.858. The first-order chi connectivity index (χ1) is 12.6. The Labute approximate surface area is 147 Å². The lowest BCUT2D eigenvalue weighted by Crippen LogP contribution is -2.14. The van der Waals surface area contributed by atoms with Gasteiger partial charge in [0.2, 0.25) is 5.95 Å². The number of anilines is 3. The standard InChI is InChI=1S/C18H11F2N5O/c19-13-5-6-16(14(20)7-13)25-18-22-9-12(10-23-18)17(26)24-15-4-2-1-3-11(15)8-21/h1-7,9-10H,(H,24,26)(H,22,23,25).